The van der Waals surface area contributed by atoms with Crippen LogP contribution in [0.25, 0.3) is 0 Å². The average Bonchev–Trinajstić information content (AvgIpc) is 2.36. The summed E-state index contributed by atoms with van der Waals surface area (Å²) in [5.74, 6) is 0. The molecule has 0 aliphatic heterocycles. The molecular weight excluding hydrogens is 242 g/mol. The van der Waals surface area contributed by atoms with Crippen LogP contribution in [-0.2, 0) is 6.54 Å². The lowest BCUT2D eigenvalue weighted by Crippen LogP contribution is -2.03. The largest absolute Gasteiger partial charge is 0.379 e. The molecule has 0 aliphatic carbocycles. The normalized spacial score (nSPS) is 10.2. The van der Waals surface area contributed by atoms with Gasteiger partial charge in [-0.25, -0.2) is 0 Å². The standard InChI is InChI=1S/C14H15N3O2/c1-10-8-12(6-7-14(10)17(18)19)15-9-13-5-3-4-11(2)16-13/h3-8,15H,9H2,1-2H3. The number of anilines is 1. The highest BCUT2D eigenvalue weighted by molar-refractivity contribution is 5.53. The van der Waals surface area contributed by atoms with Crippen LogP contribution in [-0.4, -0.2) is 9.91 Å². The highest BCUT2D eigenvalue weighted by Gasteiger charge is 2.09. The molecule has 5 nitrogen and oxygen atoms in total. The first kappa shape index (κ1) is 13.0. The molecule has 98 valence electrons. The van der Waals surface area contributed by atoms with E-state index in [9.17, 15) is 10.1 Å². The summed E-state index contributed by atoms with van der Waals surface area (Å²) in [5, 5.41) is 13.9. The van der Waals surface area contributed by atoms with Crippen molar-refractivity contribution < 1.29 is 4.92 Å². The molecule has 1 N–H and O–H groups in total. The van der Waals surface area contributed by atoms with E-state index in [1.165, 1.54) is 6.07 Å². The summed E-state index contributed by atoms with van der Waals surface area (Å²) in [5.41, 5.74) is 3.55. The Balaban J connectivity index is 2.08. The van der Waals surface area contributed by atoms with Gasteiger partial charge in [-0.1, -0.05) is 6.07 Å². The topological polar surface area (TPSA) is 68.1 Å². The SMILES string of the molecule is Cc1cccc(CNc2ccc([N+](=O)[O-])c(C)c2)n1. The second kappa shape index (κ2) is 5.48. The van der Waals surface area contributed by atoms with Gasteiger partial charge in [0, 0.05) is 23.0 Å². The third kappa shape index (κ3) is 3.28. The number of hydrogen-bond acceptors (Lipinski definition) is 4. The van der Waals surface area contributed by atoms with Gasteiger partial charge >= 0.3 is 0 Å². The summed E-state index contributed by atoms with van der Waals surface area (Å²) in [6.07, 6.45) is 0. The zero-order chi connectivity index (χ0) is 13.8. The third-order valence-electron chi connectivity index (χ3n) is 2.81. The Labute approximate surface area is 111 Å². The van der Waals surface area contributed by atoms with Crippen LogP contribution in [0.1, 0.15) is 17.0 Å². The molecule has 0 spiro atoms. The second-order valence-electron chi connectivity index (χ2n) is 4.38. The maximum atomic E-state index is 10.7. The predicted octanol–water partition coefficient (Wildman–Crippen LogP) is 3.22. The lowest BCUT2D eigenvalue weighted by atomic mass is 10.2. The van der Waals surface area contributed by atoms with E-state index in [2.05, 4.69) is 10.3 Å². The molecule has 2 rings (SSSR count). The van der Waals surface area contributed by atoms with Crippen LogP contribution in [0.15, 0.2) is 36.4 Å². The van der Waals surface area contributed by atoms with E-state index < -0.39 is 0 Å². The fourth-order valence-corrected chi connectivity index (χ4v) is 1.86. The van der Waals surface area contributed by atoms with Crippen molar-refractivity contribution in [3.05, 3.63) is 63.5 Å². The van der Waals surface area contributed by atoms with Gasteiger partial charge in [-0.3, -0.25) is 15.1 Å². The Morgan fingerprint density at radius 3 is 2.68 bits per heavy atom. The predicted molar refractivity (Wildman–Crippen MR) is 74.1 cm³/mol. The quantitative estimate of drug-likeness (QED) is 0.674. The van der Waals surface area contributed by atoms with Gasteiger partial charge in [-0.2, -0.15) is 0 Å². The summed E-state index contributed by atoms with van der Waals surface area (Å²) in [7, 11) is 0. The molecule has 0 atom stereocenters. The van der Waals surface area contributed by atoms with Crippen molar-refractivity contribution in [3.8, 4) is 0 Å². The summed E-state index contributed by atoms with van der Waals surface area (Å²) < 4.78 is 0. The summed E-state index contributed by atoms with van der Waals surface area (Å²) in [6, 6.07) is 10.8. The zero-order valence-corrected chi connectivity index (χ0v) is 10.9. The lowest BCUT2D eigenvalue weighted by Gasteiger charge is -2.07. The van der Waals surface area contributed by atoms with Crippen LogP contribution in [0.2, 0.25) is 0 Å². The number of nitro benzene ring substituents is 1. The highest BCUT2D eigenvalue weighted by atomic mass is 16.6. The van der Waals surface area contributed by atoms with Crippen LogP contribution >= 0.6 is 0 Å². The number of pyridine rings is 1. The van der Waals surface area contributed by atoms with Crippen molar-refractivity contribution in [2.75, 3.05) is 5.32 Å². The number of aryl methyl sites for hydroxylation is 2. The molecule has 0 bridgehead atoms. The lowest BCUT2D eigenvalue weighted by molar-refractivity contribution is -0.385. The Bertz CT molecular complexity index is 611. The molecule has 2 aromatic rings. The smallest absolute Gasteiger partial charge is 0.272 e. The maximum absolute atomic E-state index is 10.7. The molecular formula is C14H15N3O2. The first-order chi connectivity index (χ1) is 9.06. The molecule has 1 aromatic heterocycles. The van der Waals surface area contributed by atoms with E-state index in [1.807, 2.05) is 25.1 Å². The molecule has 0 fully saturated rings. The van der Waals surface area contributed by atoms with Crippen LogP contribution in [0.4, 0.5) is 11.4 Å². The third-order valence-corrected chi connectivity index (χ3v) is 2.81. The number of aromatic nitrogens is 1. The molecule has 0 saturated carbocycles. The van der Waals surface area contributed by atoms with E-state index in [4.69, 9.17) is 0 Å². The first-order valence-corrected chi connectivity index (χ1v) is 5.98. The minimum absolute atomic E-state index is 0.138. The highest BCUT2D eigenvalue weighted by Crippen LogP contribution is 2.21. The van der Waals surface area contributed by atoms with E-state index in [0.29, 0.717) is 12.1 Å². The van der Waals surface area contributed by atoms with Gasteiger partial charge in [0.05, 0.1) is 17.2 Å². The molecule has 1 aromatic carbocycles. The number of rotatable bonds is 4. The summed E-state index contributed by atoms with van der Waals surface area (Å²) >= 11 is 0. The maximum Gasteiger partial charge on any atom is 0.272 e. The van der Waals surface area contributed by atoms with Gasteiger partial charge in [0.15, 0.2) is 0 Å². The number of nitrogens with one attached hydrogen (secondary N) is 1. The Kier molecular flexibility index (Phi) is 3.75. The number of hydrogen-bond donors (Lipinski definition) is 1. The van der Waals surface area contributed by atoms with E-state index >= 15 is 0 Å². The first-order valence-electron chi connectivity index (χ1n) is 5.98. The van der Waals surface area contributed by atoms with Gasteiger partial charge in [0.1, 0.15) is 0 Å². The molecule has 19 heavy (non-hydrogen) atoms. The van der Waals surface area contributed by atoms with E-state index in [-0.39, 0.29) is 10.6 Å². The zero-order valence-electron chi connectivity index (χ0n) is 10.9. The molecule has 0 radical (unpaired) electrons. The summed E-state index contributed by atoms with van der Waals surface area (Å²) in [6.45, 7) is 4.27. The number of nitrogens with zero attached hydrogens (tertiary/aromatic N) is 2. The monoisotopic (exact) mass is 257 g/mol. The van der Waals surface area contributed by atoms with Crippen molar-refractivity contribution in [1.82, 2.24) is 4.98 Å². The minimum Gasteiger partial charge on any atom is -0.379 e. The van der Waals surface area contributed by atoms with Crippen molar-refractivity contribution >= 4 is 11.4 Å². The Hall–Kier alpha value is -2.43. The van der Waals surface area contributed by atoms with Crippen molar-refractivity contribution in [2.45, 2.75) is 20.4 Å². The Morgan fingerprint density at radius 2 is 2.05 bits per heavy atom. The van der Waals surface area contributed by atoms with Gasteiger partial charge in [0.25, 0.3) is 5.69 Å². The van der Waals surface area contributed by atoms with E-state index in [1.54, 1.807) is 19.1 Å². The van der Waals surface area contributed by atoms with Gasteiger partial charge in [-0.05, 0) is 38.1 Å². The molecule has 0 saturated heterocycles. The minimum atomic E-state index is -0.374. The van der Waals surface area contributed by atoms with Crippen LogP contribution in [0.5, 0.6) is 0 Å². The van der Waals surface area contributed by atoms with Crippen molar-refractivity contribution in [1.29, 1.82) is 0 Å². The molecule has 0 amide bonds. The van der Waals surface area contributed by atoms with Crippen LogP contribution < -0.4 is 5.32 Å². The second-order valence-corrected chi connectivity index (χ2v) is 4.38. The van der Waals surface area contributed by atoms with Crippen molar-refractivity contribution in [2.24, 2.45) is 0 Å². The summed E-state index contributed by atoms with van der Waals surface area (Å²) in [4.78, 5) is 14.7. The number of nitro groups is 1. The van der Waals surface area contributed by atoms with Crippen molar-refractivity contribution in [3.63, 3.8) is 0 Å². The van der Waals surface area contributed by atoms with Gasteiger partial charge in [-0.15, -0.1) is 0 Å². The molecule has 0 unspecified atom stereocenters. The molecule has 0 aliphatic rings. The van der Waals surface area contributed by atoms with E-state index in [0.717, 1.165) is 17.1 Å². The van der Waals surface area contributed by atoms with Crippen LogP contribution in [0.3, 0.4) is 0 Å². The van der Waals surface area contributed by atoms with Crippen LogP contribution in [0, 0.1) is 24.0 Å². The fraction of sp³-hybridized carbons (Fsp3) is 0.214. The Morgan fingerprint density at radius 1 is 1.26 bits per heavy atom. The molecule has 5 heteroatoms. The average molecular weight is 257 g/mol. The van der Waals surface area contributed by atoms with Gasteiger partial charge < -0.3 is 5.32 Å². The number of benzene rings is 1. The molecule has 1 heterocycles. The fourth-order valence-electron chi connectivity index (χ4n) is 1.86. The van der Waals surface area contributed by atoms with Gasteiger partial charge in [0.2, 0.25) is 0 Å².